The van der Waals surface area contributed by atoms with Crippen molar-refractivity contribution < 1.29 is 18.3 Å². The van der Waals surface area contributed by atoms with Gasteiger partial charge < -0.3 is 15.5 Å². The fourth-order valence-corrected chi connectivity index (χ4v) is 4.42. The minimum absolute atomic E-state index is 0.0291. The quantitative estimate of drug-likeness (QED) is 0.270. The molecule has 3 aromatic carbocycles. The van der Waals surface area contributed by atoms with Gasteiger partial charge in [0.05, 0.1) is 11.8 Å². The van der Waals surface area contributed by atoms with Crippen molar-refractivity contribution in [3.63, 3.8) is 0 Å². The van der Waals surface area contributed by atoms with Crippen LogP contribution < -0.4 is 10.6 Å². The predicted octanol–water partition coefficient (Wildman–Crippen LogP) is 4.60. The van der Waals surface area contributed by atoms with Gasteiger partial charge in [-0.2, -0.15) is 8.78 Å². The highest BCUT2D eigenvalue weighted by Gasteiger charge is 2.24. The predicted molar refractivity (Wildman–Crippen MR) is 130 cm³/mol. The number of alkyl halides is 2. The van der Waals surface area contributed by atoms with Crippen LogP contribution in [0.1, 0.15) is 17.2 Å². The number of carbonyl (C=O) groups excluding carboxylic acids is 1. The zero-order valence-corrected chi connectivity index (χ0v) is 19.6. The molecule has 0 aliphatic carbocycles. The molecule has 0 atom stereocenters. The third kappa shape index (κ3) is 5.78. The van der Waals surface area contributed by atoms with Crippen LogP contribution in [0.4, 0.5) is 8.78 Å². The molecule has 2 N–H and O–H groups in total. The summed E-state index contributed by atoms with van der Waals surface area (Å²) in [4.78, 5) is 14.9. The van der Waals surface area contributed by atoms with Gasteiger partial charge in [-0.25, -0.2) is 4.68 Å². The van der Waals surface area contributed by atoms with E-state index in [1.807, 2.05) is 60.7 Å². The number of rotatable bonds is 9. The molecule has 4 rings (SSSR count). The smallest absolute Gasteiger partial charge is 0.387 e. The van der Waals surface area contributed by atoms with E-state index in [1.165, 1.54) is 28.6 Å². The molecular formula is C25H23F2N5O2S. The highest BCUT2D eigenvalue weighted by Crippen LogP contribution is 2.29. The second-order valence-corrected chi connectivity index (χ2v) is 8.54. The lowest BCUT2D eigenvalue weighted by Gasteiger charge is -2.29. The molecular weight excluding hydrogens is 472 g/mol. The molecule has 10 heteroatoms. The van der Waals surface area contributed by atoms with Crippen LogP contribution in [-0.4, -0.2) is 45.1 Å². The Labute approximate surface area is 205 Å². The van der Waals surface area contributed by atoms with E-state index in [0.717, 1.165) is 11.1 Å². The number of nitrogens with zero attached hydrogens (tertiary/aromatic N) is 4. The van der Waals surface area contributed by atoms with Crippen molar-refractivity contribution in [1.82, 2.24) is 19.8 Å². The molecule has 0 saturated heterocycles. The number of carbonyl (C=O) groups is 1. The third-order valence-corrected chi connectivity index (χ3v) is 6.27. The van der Waals surface area contributed by atoms with Gasteiger partial charge in [0, 0.05) is 12.6 Å². The van der Waals surface area contributed by atoms with Crippen molar-refractivity contribution in [2.24, 2.45) is 0 Å². The summed E-state index contributed by atoms with van der Waals surface area (Å²) in [5.41, 5.74) is 2.58. The van der Waals surface area contributed by atoms with Crippen molar-refractivity contribution in [3.05, 3.63) is 96.1 Å². The molecule has 0 aliphatic heterocycles. The number of hydrogen-bond donors (Lipinski definition) is 1. The van der Waals surface area contributed by atoms with Crippen LogP contribution in [0.3, 0.4) is 0 Å². The number of hydrogen-bond acceptors (Lipinski definition) is 6. The number of thioether (sulfide) groups is 1. The summed E-state index contributed by atoms with van der Waals surface area (Å²) in [5, 5.41) is 8.52. The van der Waals surface area contributed by atoms with E-state index in [-0.39, 0.29) is 23.5 Å². The summed E-state index contributed by atoms with van der Waals surface area (Å²) in [5.74, 6) is 6.51. The molecule has 4 aromatic rings. The number of nitrogens with two attached hydrogens (primary N) is 1. The van der Waals surface area contributed by atoms with E-state index in [1.54, 1.807) is 24.1 Å². The van der Waals surface area contributed by atoms with E-state index in [4.69, 9.17) is 5.84 Å². The Morgan fingerprint density at radius 1 is 0.971 bits per heavy atom. The van der Waals surface area contributed by atoms with Crippen molar-refractivity contribution in [3.8, 4) is 17.1 Å². The first-order valence-electron chi connectivity index (χ1n) is 10.7. The summed E-state index contributed by atoms with van der Waals surface area (Å²) in [6, 6.07) is 25.3. The zero-order valence-electron chi connectivity index (χ0n) is 18.8. The molecule has 7 nitrogen and oxygen atoms in total. The van der Waals surface area contributed by atoms with Crippen molar-refractivity contribution in [1.29, 1.82) is 0 Å². The van der Waals surface area contributed by atoms with E-state index in [9.17, 15) is 13.6 Å². The van der Waals surface area contributed by atoms with Crippen LogP contribution in [0.2, 0.25) is 0 Å². The summed E-state index contributed by atoms with van der Waals surface area (Å²) in [6.07, 6.45) is 0. The number of ether oxygens (including phenoxy) is 1. The average Bonchev–Trinajstić information content (AvgIpc) is 3.24. The van der Waals surface area contributed by atoms with Crippen LogP contribution in [-0.2, 0) is 4.79 Å². The molecule has 35 heavy (non-hydrogen) atoms. The number of aromatic nitrogens is 3. The maximum absolute atomic E-state index is 13.1. The number of halogens is 2. The van der Waals surface area contributed by atoms with Gasteiger partial charge in [0.1, 0.15) is 5.75 Å². The molecule has 180 valence electrons. The highest BCUT2D eigenvalue weighted by molar-refractivity contribution is 7.99. The molecule has 0 aliphatic rings. The summed E-state index contributed by atoms with van der Waals surface area (Å²) in [6.45, 7) is -2.90. The minimum atomic E-state index is -2.90. The van der Waals surface area contributed by atoms with Gasteiger partial charge in [-0.3, -0.25) is 4.79 Å². The summed E-state index contributed by atoms with van der Waals surface area (Å²) < 4.78 is 30.3. The van der Waals surface area contributed by atoms with E-state index >= 15 is 0 Å². The number of amides is 1. The van der Waals surface area contributed by atoms with Gasteiger partial charge >= 0.3 is 6.61 Å². The topological polar surface area (TPSA) is 86.3 Å². The van der Waals surface area contributed by atoms with Crippen molar-refractivity contribution in [2.45, 2.75) is 17.8 Å². The molecule has 0 spiro atoms. The Morgan fingerprint density at radius 2 is 1.54 bits per heavy atom. The van der Waals surface area contributed by atoms with Gasteiger partial charge in [0.2, 0.25) is 11.1 Å². The second kappa shape index (κ2) is 11.0. The lowest BCUT2D eigenvalue weighted by molar-refractivity contribution is -0.128. The molecule has 1 amide bonds. The fourth-order valence-electron chi connectivity index (χ4n) is 3.64. The fraction of sp³-hybridized carbons (Fsp3) is 0.160. The molecule has 0 radical (unpaired) electrons. The number of nitrogen functional groups attached to an aromatic ring is 1. The first kappa shape index (κ1) is 24.2. The van der Waals surface area contributed by atoms with Crippen LogP contribution in [0, 0.1) is 0 Å². The van der Waals surface area contributed by atoms with E-state index in [2.05, 4.69) is 14.9 Å². The van der Waals surface area contributed by atoms with Gasteiger partial charge in [-0.05, 0) is 35.4 Å². The van der Waals surface area contributed by atoms with Crippen LogP contribution >= 0.6 is 11.8 Å². The normalized spacial score (nSPS) is 11.1. The maximum atomic E-state index is 13.1. The molecule has 1 heterocycles. The Bertz CT molecular complexity index is 1210. The second-order valence-electron chi connectivity index (χ2n) is 7.60. The monoisotopic (exact) mass is 495 g/mol. The Balaban J connectivity index is 1.46. The zero-order chi connectivity index (χ0) is 24.8. The first-order valence-corrected chi connectivity index (χ1v) is 11.7. The van der Waals surface area contributed by atoms with Gasteiger partial charge in [-0.15, -0.1) is 10.2 Å². The minimum Gasteiger partial charge on any atom is -0.435 e. The van der Waals surface area contributed by atoms with E-state index < -0.39 is 6.61 Å². The molecule has 0 unspecified atom stereocenters. The lowest BCUT2D eigenvalue weighted by Crippen LogP contribution is -2.33. The Morgan fingerprint density at radius 3 is 2.09 bits per heavy atom. The average molecular weight is 496 g/mol. The van der Waals surface area contributed by atoms with Gasteiger partial charge in [0.15, 0.2) is 5.82 Å². The summed E-state index contributed by atoms with van der Waals surface area (Å²) in [7, 11) is 1.77. The van der Waals surface area contributed by atoms with Crippen LogP contribution in [0.15, 0.2) is 90.1 Å². The SMILES string of the molecule is CN(C(=O)CSc1nnc(-c2ccc(OC(F)F)cc2)n1N)C(c1ccccc1)c1ccccc1. The van der Waals surface area contributed by atoms with Gasteiger partial charge in [0.25, 0.3) is 0 Å². The van der Waals surface area contributed by atoms with Crippen molar-refractivity contribution in [2.75, 3.05) is 18.6 Å². The number of benzene rings is 3. The first-order chi connectivity index (χ1) is 16.9. The molecule has 1 aromatic heterocycles. The van der Waals surface area contributed by atoms with Crippen LogP contribution in [0.25, 0.3) is 11.4 Å². The summed E-state index contributed by atoms with van der Waals surface area (Å²) >= 11 is 1.17. The Hall–Kier alpha value is -3.92. The molecule has 0 fully saturated rings. The maximum Gasteiger partial charge on any atom is 0.387 e. The largest absolute Gasteiger partial charge is 0.435 e. The Kier molecular flexibility index (Phi) is 7.61. The van der Waals surface area contributed by atoms with Crippen molar-refractivity contribution >= 4 is 17.7 Å². The lowest BCUT2D eigenvalue weighted by atomic mass is 9.97. The van der Waals surface area contributed by atoms with Gasteiger partial charge in [-0.1, -0.05) is 72.4 Å². The highest BCUT2D eigenvalue weighted by atomic mass is 32.2. The van der Waals surface area contributed by atoms with E-state index in [0.29, 0.717) is 16.5 Å². The molecule has 0 saturated carbocycles. The van der Waals surface area contributed by atoms with Crippen LogP contribution in [0.5, 0.6) is 5.75 Å². The molecule has 0 bridgehead atoms. The third-order valence-electron chi connectivity index (χ3n) is 5.34. The standard InChI is InChI=1S/C25H23F2N5O2S/c1-31(22(17-8-4-2-5-9-17)18-10-6-3-7-11-18)21(33)16-35-25-30-29-23(32(25)28)19-12-14-20(15-13-19)34-24(26)27/h2-15,22,24H,16,28H2,1H3.